The van der Waals surface area contributed by atoms with Gasteiger partial charge < -0.3 is 4.74 Å². The predicted molar refractivity (Wildman–Crippen MR) is 100 cm³/mol. The quantitative estimate of drug-likeness (QED) is 0.420. The van der Waals surface area contributed by atoms with Gasteiger partial charge in [-0.3, -0.25) is 0 Å². The number of halogens is 1. The Hall–Kier alpha value is -1.15. The van der Waals surface area contributed by atoms with Crippen molar-refractivity contribution < 1.29 is 17.9 Å². The van der Waals surface area contributed by atoms with Gasteiger partial charge in [-0.25, -0.2) is 17.9 Å². The molecule has 0 fully saturated rings. The number of ether oxygens (including phenoxy) is 1. The van der Waals surface area contributed by atoms with Gasteiger partial charge in [-0.2, -0.15) is 0 Å². The Kier molecular flexibility index (Phi) is 7.21. The molecule has 0 heterocycles. The average Bonchev–Trinajstić information content (AvgIpc) is 2.50. The Morgan fingerprint density at radius 3 is 2.29 bits per heavy atom. The first-order valence-corrected chi connectivity index (χ1v) is 13.2. The summed E-state index contributed by atoms with van der Waals surface area (Å²) in [6, 6.07) is 6.31. The number of nitrogens with one attached hydrogen (secondary N) is 1. The molecule has 0 radical (unpaired) electrons. The fourth-order valence-electron chi connectivity index (χ4n) is 1.92. The highest BCUT2D eigenvalue weighted by Gasteiger charge is 2.27. The normalized spacial score (nSPS) is 13.4. The number of benzene rings is 1. The van der Waals surface area contributed by atoms with Crippen molar-refractivity contribution in [2.45, 2.75) is 31.7 Å². The molecule has 0 aliphatic heterocycles. The summed E-state index contributed by atoms with van der Waals surface area (Å²) in [4.78, 5) is 11.8. The van der Waals surface area contributed by atoms with E-state index in [-0.39, 0.29) is 11.3 Å². The molecule has 0 bridgehead atoms. The molecule has 1 N–H and O–H groups in total. The van der Waals surface area contributed by atoms with Gasteiger partial charge in [-0.1, -0.05) is 50.0 Å². The van der Waals surface area contributed by atoms with Gasteiger partial charge in [-0.15, -0.1) is 0 Å². The summed E-state index contributed by atoms with van der Waals surface area (Å²) < 4.78 is 32.1. The van der Waals surface area contributed by atoms with E-state index in [0.717, 1.165) is 0 Å². The Morgan fingerprint density at radius 1 is 1.29 bits per heavy atom. The monoisotopic (exact) mass is 389 g/mol. The third kappa shape index (κ3) is 6.76. The molecule has 5 nitrogen and oxygen atoms in total. The summed E-state index contributed by atoms with van der Waals surface area (Å²) in [6.07, 6.45) is 0. The van der Waals surface area contributed by atoms with Crippen molar-refractivity contribution >= 4 is 35.7 Å². The van der Waals surface area contributed by atoms with Gasteiger partial charge in [0.05, 0.1) is 24.5 Å². The van der Waals surface area contributed by atoms with Crippen LogP contribution in [0.5, 0.6) is 0 Å². The van der Waals surface area contributed by atoms with Crippen molar-refractivity contribution in [3.05, 3.63) is 47.0 Å². The number of esters is 1. The Morgan fingerprint density at radius 2 is 1.83 bits per heavy atom. The number of methoxy groups -OCH3 is 1. The van der Waals surface area contributed by atoms with Crippen LogP contribution in [0, 0.1) is 0 Å². The maximum absolute atomic E-state index is 12.4. The number of hydrogen-bond donors (Lipinski definition) is 1. The molecule has 1 unspecified atom stereocenters. The van der Waals surface area contributed by atoms with Crippen LogP contribution in [0.1, 0.15) is 11.6 Å². The Balaban J connectivity index is 3.08. The SMILES string of the molecule is C=C(C(=O)OC)C(NS(=O)(=O)CC[Si](C)(C)C)c1ccc(Cl)cc1. The zero-order chi connectivity index (χ0) is 18.5. The number of hydrogen-bond acceptors (Lipinski definition) is 4. The molecule has 1 aromatic rings. The lowest BCUT2D eigenvalue weighted by Crippen LogP contribution is -2.35. The van der Waals surface area contributed by atoms with E-state index in [1.165, 1.54) is 7.11 Å². The summed E-state index contributed by atoms with van der Waals surface area (Å²) in [5.41, 5.74) is 0.600. The number of sulfonamides is 1. The second-order valence-electron chi connectivity index (χ2n) is 6.75. The van der Waals surface area contributed by atoms with Crippen LogP contribution in [0.3, 0.4) is 0 Å². The zero-order valence-corrected chi connectivity index (χ0v) is 17.0. The third-order valence-electron chi connectivity index (χ3n) is 3.42. The molecule has 0 spiro atoms. The minimum absolute atomic E-state index is 0.0151. The number of rotatable bonds is 8. The van der Waals surface area contributed by atoms with E-state index in [2.05, 4.69) is 35.7 Å². The first-order valence-electron chi connectivity index (χ1n) is 7.48. The van der Waals surface area contributed by atoms with E-state index >= 15 is 0 Å². The molecule has 1 aromatic carbocycles. The predicted octanol–water partition coefficient (Wildman–Crippen LogP) is 3.37. The molecule has 1 atom stereocenters. The van der Waals surface area contributed by atoms with E-state index in [1.807, 2.05) is 0 Å². The van der Waals surface area contributed by atoms with Crippen molar-refractivity contribution in [2.24, 2.45) is 0 Å². The molecule has 0 saturated heterocycles. The zero-order valence-electron chi connectivity index (χ0n) is 14.4. The molecule has 0 aliphatic carbocycles. The van der Waals surface area contributed by atoms with Crippen LogP contribution in [0.2, 0.25) is 30.7 Å². The highest BCUT2D eigenvalue weighted by Crippen LogP contribution is 2.24. The second kappa shape index (κ2) is 8.29. The molecule has 1 rings (SSSR count). The van der Waals surface area contributed by atoms with E-state index in [4.69, 9.17) is 11.6 Å². The Labute approximate surface area is 150 Å². The lowest BCUT2D eigenvalue weighted by atomic mass is 10.0. The van der Waals surface area contributed by atoms with Crippen molar-refractivity contribution in [1.29, 1.82) is 0 Å². The second-order valence-corrected chi connectivity index (χ2v) is 14.7. The van der Waals surface area contributed by atoms with Gasteiger partial charge in [0.1, 0.15) is 0 Å². The van der Waals surface area contributed by atoms with Gasteiger partial charge in [-0.05, 0) is 23.7 Å². The van der Waals surface area contributed by atoms with Crippen molar-refractivity contribution in [1.82, 2.24) is 4.72 Å². The molecule has 0 aromatic heterocycles. The summed E-state index contributed by atoms with van der Waals surface area (Å²) in [5, 5.41) is 0.516. The van der Waals surface area contributed by atoms with Crippen LogP contribution >= 0.6 is 11.6 Å². The van der Waals surface area contributed by atoms with E-state index in [9.17, 15) is 13.2 Å². The summed E-state index contributed by atoms with van der Waals surface area (Å²) in [6.45, 7) is 10.0. The van der Waals surface area contributed by atoms with Crippen LogP contribution in [-0.4, -0.2) is 35.3 Å². The molecule has 24 heavy (non-hydrogen) atoms. The average molecular weight is 390 g/mol. The molecule has 8 heteroatoms. The topological polar surface area (TPSA) is 72.5 Å². The number of carbonyl (C=O) groups is 1. The van der Waals surface area contributed by atoms with Crippen molar-refractivity contribution in [3.63, 3.8) is 0 Å². The molecular formula is C16H24ClNO4SSi. The summed E-state index contributed by atoms with van der Waals surface area (Å²) in [7, 11) is -3.86. The van der Waals surface area contributed by atoms with E-state index in [1.54, 1.807) is 24.3 Å². The first-order chi connectivity index (χ1) is 10.9. The van der Waals surface area contributed by atoms with E-state index in [0.29, 0.717) is 16.6 Å². The molecule has 0 saturated carbocycles. The minimum Gasteiger partial charge on any atom is -0.466 e. The van der Waals surface area contributed by atoms with E-state index < -0.39 is 30.1 Å². The van der Waals surface area contributed by atoms with Crippen LogP contribution < -0.4 is 4.72 Å². The van der Waals surface area contributed by atoms with Gasteiger partial charge in [0, 0.05) is 13.1 Å². The smallest absolute Gasteiger partial charge is 0.335 e. The van der Waals surface area contributed by atoms with Crippen LogP contribution in [0.25, 0.3) is 0 Å². The largest absolute Gasteiger partial charge is 0.466 e. The van der Waals surface area contributed by atoms with Crippen molar-refractivity contribution in [3.8, 4) is 0 Å². The van der Waals surface area contributed by atoms with Crippen LogP contribution in [-0.2, 0) is 19.6 Å². The standard InChI is InChI=1S/C16H24ClNO4SSi/c1-12(16(19)22-2)15(13-6-8-14(17)9-7-13)18-23(20,21)10-11-24(3,4)5/h6-9,15,18H,1,10-11H2,2-5H3. The lowest BCUT2D eigenvalue weighted by Gasteiger charge is -2.22. The highest BCUT2D eigenvalue weighted by molar-refractivity contribution is 7.89. The summed E-state index contributed by atoms with van der Waals surface area (Å²) in [5.74, 6) is -0.649. The Bertz CT molecular complexity index is 696. The number of carbonyl (C=O) groups excluding carboxylic acids is 1. The highest BCUT2D eigenvalue weighted by atomic mass is 35.5. The van der Waals surface area contributed by atoms with Crippen LogP contribution in [0.4, 0.5) is 0 Å². The molecular weight excluding hydrogens is 366 g/mol. The third-order valence-corrected chi connectivity index (χ3v) is 7.12. The van der Waals surface area contributed by atoms with Crippen LogP contribution in [0.15, 0.2) is 36.4 Å². The maximum Gasteiger partial charge on any atom is 0.335 e. The van der Waals surface area contributed by atoms with Crippen molar-refractivity contribution in [2.75, 3.05) is 12.9 Å². The minimum atomic E-state index is -3.58. The van der Waals surface area contributed by atoms with Gasteiger partial charge in [0.15, 0.2) is 0 Å². The lowest BCUT2D eigenvalue weighted by molar-refractivity contribution is -0.136. The van der Waals surface area contributed by atoms with Gasteiger partial charge >= 0.3 is 5.97 Å². The van der Waals surface area contributed by atoms with Gasteiger partial charge in [0.25, 0.3) is 0 Å². The summed E-state index contributed by atoms with van der Waals surface area (Å²) >= 11 is 5.87. The molecule has 0 amide bonds. The molecule has 0 aliphatic rings. The first kappa shape index (κ1) is 20.9. The van der Waals surface area contributed by atoms with Gasteiger partial charge in [0.2, 0.25) is 10.0 Å². The fraction of sp³-hybridized carbons (Fsp3) is 0.438. The fourth-order valence-corrected chi connectivity index (χ4v) is 6.33. The maximum atomic E-state index is 12.4. The molecule has 134 valence electrons.